The van der Waals surface area contributed by atoms with Crippen LogP contribution < -0.4 is 0 Å². The smallest absolute Gasteiger partial charge is 0.382 e. The topological polar surface area (TPSA) is 20.2 Å². The van der Waals surface area contributed by atoms with Crippen LogP contribution >= 0.6 is 0 Å². The van der Waals surface area contributed by atoms with Gasteiger partial charge >= 0.3 is 12.1 Å². The second kappa shape index (κ2) is 4.74. The van der Waals surface area contributed by atoms with E-state index in [1.165, 1.54) is 12.1 Å². The minimum absolute atomic E-state index is 0.254. The first-order valence-electron chi connectivity index (χ1n) is 5.60. The van der Waals surface area contributed by atoms with Gasteiger partial charge in [0, 0.05) is 0 Å². The largest absolute Gasteiger partial charge is 0.456 e. The van der Waals surface area contributed by atoms with Gasteiger partial charge in [0.1, 0.15) is 0 Å². The van der Waals surface area contributed by atoms with Gasteiger partial charge in [0.15, 0.2) is 6.10 Å². The second-order valence-electron chi connectivity index (χ2n) is 5.40. The molecule has 0 aromatic heterocycles. The molecular weight excluding hydrogens is 267 g/mol. The number of hydrogen-bond donors (Lipinski definition) is 1. The van der Waals surface area contributed by atoms with Crippen LogP contribution in [-0.2, 0) is 5.41 Å². The summed E-state index contributed by atoms with van der Waals surface area (Å²) in [7, 11) is 0. The van der Waals surface area contributed by atoms with Crippen LogP contribution in [0.2, 0.25) is 0 Å². The first kappa shape index (κ1) is 15.9. The molecular formula is C13H15F5O. The molecule has 0 aliphatic carbocycles. The van der Waals surface area contributed by atoms with Crippen molar-refractivity contribution in [2.75, 3.05) is 0 Å². The van der Waals surface area contributed by atoms with Gasteiger partial charge < -0.3 is 5.11 Å². The molecule has 1 aromatic carbocycles. The minimum Gasteiger partial charge on any atom is -0.382 e. The zero-order chi connectivity index (χ0) is 15.1. The van der Waals surface area contributed by atoms with Crippen molar-refractivity contribution in [2.24, 2.45) is 0 Å². The zero-order valence-corrected chi connectivity index (χ0v) is 10.7. The Hall–Kier alpha value is -1.17. The van der Waals surface area contributed by atoms with Gasteiger partial charge in [0.2, 0.25) is 0 Å². The summed E-state index contributed by atoms with van der Waals surface area (Å²) in [5.41, 5.74) is 0.0600. The average Bonchev–Trinajstić information content (AvgIpc) is 2.25. The van der Waals surface area contributed by atoms with Crippen LogP contribution in [0.4, 0.5) is 22.0 Å². The Morgan fingerprint density at radius 1 is 0.895 bits per heavy atom. The molecule has 1 atom stereocenters. The van der Waals surface area contributed by atoms with Gasteiger partial charge in [0.25, 0.3) is 0 Å². The van der Waals surface area contributed by atoms with E-state index in [4.69, 9.17) is 0 Å². The first-order valence-corrected chi connectivity index (χ1v) is 5.60. The van der Waals surface area contributed by atoms with Crippen molar-refractivity contribution in [3.8, 4) is 0 Å². The number of alkyl halides is 5. The summed E-state index contributed by atoms with van der Waals surface area (Å²) in [5.74, 6) is -5.17. The minimum atomic E-state index is -5.78. The standard InChI is InChI=1S/C13H15F5O/c1-11(2,3)9-6-4-8(5-7-9)10(19)12(14,15)13(16,17)18/h4-7,10,19H,1-3H3. The van der Waals surface area contributed by atoms with Gasteiger partial charge in [-0.3, -0.25) is 0 Å². The van der Waals surface area contributed by atoms with Crippen LogP contribution in [0.15, 0.2) is 24.3 Å². The zero-order valence-electron chi connectivity index (χ0n) is 10.7. The molecule has 0 saturated heterocycles. The first-order chi connectivity index (χ1) is 8.37. The number of aliphatic hydroxyl groups excluding tert-OH is 1. The summed E-state index contributed by atoms with van der Waals surface area (Å²) in [4.78, 5) is 0. The maximum atomic E-state index is 13.0. The third kappa shape index (κ3) is 3.23. The molecule has 0 spiro atoms. The molecule has 0 aliphatic heterocycles. The second-order valence-corrected chi connectivity index (χ2v) is 5.40. The number of halogens is 5. The van der Waals surface area contributed by atoms with Crippen LogP contribution in [0.3, 0.4) is 0 Å². The van der Waals surface area contributed by atoms with E-state index in [1.807, 2.05) is 20.8 Å². The summed E-state index contributed by atoms with van der Waals surface area (Å²) in [6.07, 6.45) is -8.68. The molecule has 0 bridgehead atoms. The fraction of sp³-hybridized carbons (Fsp3) is 0.538. The van der Waals surface area contributed by atoms with E-state index in [9.17, 15) is 27.1 Å². The molecule has 19 heavy (non-hydrogen) atoms. The Morgan fingerprint density at radius 3 is 1.63 bits per heavy atom. The van der Waals surface area contributed by atoms with Crippen LogP contribution in [-0.4, -0.2) is 17.2 Å². The van der Waals surface area contributed by atoms with Crippen molar-refractivity contribution < 1.29 is 27.1 Å². The van der Waals surface area contributed by atoms with E-state index in [-0.39, 0.29) is 5.41 Å². The normalized spacial score (nSPS) is 15.4. The fourth-order valence-electron chi connectivity index (χ4n) is 1.53. The molecule has 0 amide bonds. The molecule has 1 unspecified atom stereocenters. The quantitative estimate of drug-likeness (QED) is 0.805. The SMILES string of the molecule is CC(C)(C)c1ccc(C(O)C(F)(F)C(F)(F)F)cc1. The number of aliphatic hydroxyl groups is 1. The summed E-state index contributed by atoms with van der Waals surface area (Å²) in [6.45, 7) is 5.63. The van der Waals surface area contributed by atoms with Gasteiger partial charge in [-0.1, -0.05) is 45.0 Å². The van der Waals surface area contributed by atoms with Gasteiger partial charge in [-0.15, -0.1) is 0 Å². The third-order valence-corrected chi connectivity index (χ3v) is 2.81. The van der Waals surface area contributed by atoms with Crippen LogP contribution in [0, 0.1) is 0 Å². The van der Waals surface area contributed by atoms with E-state index in [1.54, 1.807) is 0 Å². The van der Waals surface area contributed by atoms with E-state index < -0.39 is 23.8 Å². The summed E-state index contributed by atoms with van der Waals surface area (Å²) < 4.78 is 62.3. The Balaban J connectivity index is 3.06. The lowest BCUT2D eigenvalue weighted by Crippen LogP contribution is -2.42. The third-order valence-electron chi connectivity index (χ3n) is 2.81. The Kier molecular flexibility index (Phi) is 3.96. The lowest BCUT2D eigenvalue weighted by Gasteiger charge is -2.26. The van der Waals surface area contributed by atoms with Crippen molar-refractivity contribution in [3.63, 3.8) is 0 Å². The van der Waals surface area contributed by atoms with Gasteiger partial charge in [-0.2, -0.15) is 22.0 Å². The van der Waals surface area contributed by atoms with Gasteiger partial charge in [-0.25, -0.2) is 0 Å². The van der Waals surface area contributed by atoms with Gasteiger partial charge in [0.05, 0.1) is 0 Å². The predicted octanol–water partition coefficient (Wildman–Crippen LogP) is 4.22. The Morgan fingerprint density at radius 2 is 1.32 bits per heavy atom. The van der Waals surface area contributed by atoms with E-state index >= 15 is 0 Å². The van der Waals surface area contributed by atoms with E-state index in [0.29, 0.717) is 0 Å². The Labute approximate surface area is 108 Å². The van der Waals surface area contributed by atoms with E-state index in [2.05, 4.69) is 0 Å². The molecule has 0 saturated carbocycles. The Bertz CT molecular complexity index is 428. The molecule has 1 rings (SSSR count). The van der Waals surface area contributed by atoms with Crippen molar-refractivity contribution in [3.05, 3.63) is 35.4 Å². The van der Waals surface area contributed by atoms with Gasteiger partial charge in [-0.05, 0) is 16.5 Å². The lowest BCUT2D eigenvalue weighted by molar-refractivity contribution is -0.315. The van der Waals surface area contributed by atoms with Crippen molar-refractivity contribution in [1.82, 2.24) is 0 Å². The highest BCUT2D eigenvalue weighted by atomic mass is 19.4. The van der Waals surface area contributed by atoms with Crippen molar-refractivity contribution >= 4 is 0 Å². The maximum Gasteiger partial charge on any atom is 0.456 e. The average molecular weight is 282 g/mol. The van der Waals surface area contributed by atoms with Crippen LogP contribution in [0.25, 0.3) is 0 Å². The highest BCUT2D eigenvalue weighted by Crippen LogP contribution is 2.44. The molecule has 6 heteroatoms. The molecule has 0 radical (unpaired) electrons. The highest BCUT2D eigenvalue weighted by Gasteiger charge is 2.62. The fourth-order valence-corrected chi connectivity index (χ4v) is 1.53. The molecule has 0 heterocycles. The lowest BCUT2D eigenvalue weighted by atomic mass is 9.86. The number of rotatable bonds is 2. The summed E-state index contributed by atoms with van der Waals surface area (Å²) >= 11 is 0. The van der Waals surface area contributed by atoms with Crippen LogP contribution in [0.5, 0.6) is 0 Å². The molecule has 1 aromatic rings. The summed E-state index contributed by atoms with van der Waals surface area (Å²) in [5, 5.41) is 9.21. The monoisotopic (exact) mass is 282 g/mol. The number of benzene rings is 1. The highest BCUT2D eigenvalue weighted by molar-refractivity contribution is 5.29. The van der Waals surface area contributed by atoms with Crippen molar-refractivity contribution in [1.29, 1.82) is 0 Å². The molecule has 108 valence electrons. The predicted molar refractivity (Wildman–Crippen MR) is 61.1 cm³/mol. The maximum absolute atomic E-state index is 13.0. The van der Waals surface area contributed by atoms with Crippen LogP contribution in [0.1, 0.15) is 38.0 Å². The molecule has 1 nitrogen and oxygen atoms in total. The number of hydrogen-bond acceptors (Lipinski definition) is 1. The summed E-state index contributed by atoms with van der Waals surface area (Å²) in [6, 6.07) is 5.05. The molecule has 1 N–H and O–H groups in total. The van der Waals surface area contributed by atoms with E-state index in [0.717, 1.165) is 17.7 Å². The molecule has 0 aliphatic rings. The molecule has 0 fully saturated rings. The van der Waals surface area contributed by atoms with Crippen molar-refractivity contribution in [2.45, 2.75) is 44.4 Å².